The zero-order valence-electron chi connectivity index (χ0n) is 9.54. The van der Waals surface area contributed by atoms with E-state index in [0.29, 0.717) is 5.75 Å². The normalized spacial score (nSPS) is 10.2. The topological polar surface area (TPSA) is 77.3 Å². The van der Waals surface area contributed by atoms with E-state index in [2.05, 4.69) is 15.0 Å². The first-order valence-electron chi connectivity index (χ1n) is 4.99. The number of nitrogens with zero attached hydrogens (tertiary/aromatic N) is 2. The van der Waals surface area contributed by atoms with E-state index in [1.165, 1.54) is 0 Å². The van der Waals surface area contributed by atoms with Gasteiger partial charge in [0.15, 0.2) is 0 Å². The first-order chi connectivity index (χ1) is 8.13. The minimum Gasteiger partial charge on any atom is -0.447 e. The van der Waals surface area contributed by atoms with Crippen molar-refractivity contribution in [2.24, 2.45) is 10.2 Å². The summed E-state index contributed by atoms with van der Waals surface area (Å²) < 4.78 is 9.33. The van der Waals surface area contributed by atoms with Crippen LogP contribution < -0.4 is 4.74 Å². The van der Waals surface area contributed by atoms with E-state index < -0.39 is 12.2 Å². The summed E-state index contributed by atoms with van der Waals surface area (Å²) in [4.78, 5) is 22.0. The molecular weight excluding hydrogens is 224 g/mol. The number of carbonyl (C=O) groups excluding carboxylic acids is 2. The second-order valence-corrected chi connectivity index (χ2v) is 3.03. The molecular formula is C11H12N2O4. The fraction of sp³-hybridized carbons (Fsp3) is 0.273. The van der Waals surface area contributed by atoms with Crippen molar-refractivity contribution >= 4 is 12.2 Å². The van der Waals surface area contributed by atoms with Crippen LogP contribution in [-0.2, 0) is 4.74 Å². The summed E-state index contributed by atoms with van der Waals surface area (Å²) >= 11 is 0. The number of rotatable bonds is 2. The van der Waals surface area contributed by atoms with Gasteiger partial charge in [0.25, 0.3) is 0 Å². The molecule has 90 valence electrons. The van der Waals surface area contributed by atoms with Gasteiger partial charge < -0.3 is 9.47 Å². The molecule has 0 unspecified atom stereocenters. The van der Waals surface area contributed by atoms with Gasteiger partial charge in [-0.3, -0.25) is 0 Å². The fourth-order valence-electron chi connectivity index (χ4n) is 1.02. The third-order valence-electron chi connectivity index (χ3n) is 1.77. The van der Waals surface area contributed by atoms with Crippen molar-refractivity contribution < 1.29 is 19.1 Å². The molecule has 1 aromatic carbocycles. The van der Waals surface area contributed by atoms with Crippen LogP contribution in [0.25, 0.3) is 0 Å². The number of hydrogen-bond donors (Lipinski definition) is 0. The summed E-state index contributed by atoms with van der Waals surface area (Å²) in [5.74, 6) is 0.375. The van der Waals surface area contributed by atoms with E-state index >= 15 is 0 Å². The minimum atomic E-state index is -0.965. The summed E-state index contributed by atoms with van der Waals surface area (Å²) in [6.07, 6.45) is -1.89. The van der Waals surface area contributed by atoms with Crippen LogP contribution in [0.2, 0.25) is 0 Å². The van der Waals surface area contributed by atoms with Gasteiger partial charge in [0.05, 0.1) is 6.61 Å². The largest absolute Gasteiger partial charge is 0.458 e. The molecule has 0 fully saturated rings. The van der Waals surface area contributed by atoms with E-state index in [4.69, 9.17) is 4.74 Å². The Morgan fingerprint density at radius 1 is 1.18 bits per heavy atom. The molecule has 6 nitrogen and oxygen atoms in total. The van der Waals surface area contributed by atoms with Gasteiger partial charge in [-0.05, 0) is 25.5 Å². The smallest absolute Gasteiger partial charge is 0.447 e. The summed E-state index contributed by atoms with van der Waals surface area (Å²) in [5.41, 5.74) is 0.784. The monoisotopic (exact) mass is 236 g/mol. The van der Waals surface area contributed by atoms with Crippen LogP contribution in [-0.4, -0.2) is 18.8 Å². The SMILES string of the molecule is CCOC(=O)/N=N/C(=O)Oc1ccccc1C. The molecule has 17 heavy (non-hydrogen) atoms. The van der Waals surface area contributed by atoms with E-state index in [9.17, 15) is 9.59 Å². The molecule has 0 saturated carbocycles. The van der Waals surface area contributed by atoms with Crippen LogP contribution in [0.4, 0.5) is 9.59 Å². The lowest BCUT2D eigenvalue weighted by Gasteiger charge is -2.02. The molecule has 0 heterocycles. The summed E-state index contributed by atoms with van der Waals surface area (Å²) in [5, 5.41) is 6.10. The van der Waals surface area contributed by atoms with Crippen molar-refractivity contribution in [3.8, 4) is 5.75 Å². The highest BCUT2D eigenvalue weighted by Crippen LogP contribution is 2.16. The van der Waals surface area contributed by atoms with Gasteiger partial charge >= 0.3 is 12.2 Å². The van der Waals surface area contributed by atoms with Gasteiger partial charge in [0.1, 0.15) is 5.75 Å². The maximum Gasteiger partial charge on any atom is 0.458 e. The molecule has 0 aliphatic rings. The van der Waals surface area contributed by atoms with Crippen molar-refractivity contribution in [3.05, 3.63) is 29.8 Å². The molecule has 0 aliphatic carbocycles. The minimum absolute atomic E-state index is 0.171. The second kappa shape index (κ2) is 6.37. The van der Waals surface area contributed by atoms with E-state index in [-0.39, 0.29) is 6.61 Å². The Morgan fingerprint density at radius 3 is 2.47 bits per heavy atom. The van der Waals surface area contributed by atoms with E-state index in [0.717, 1.165) is 5.56 Å². The number of aryl methyl sites for hydroxylation is 1. The van der Waals surface area contributed by atoms with Crippen LogP contribution >= 0.6 is 0 Å². The van der Waals surface area contributed by atoms with Gasteiger partial charge in [-0.25, -0.2) is 9.59 Å². The fourth-order valence-corrected chi connectivity index (χ4v) is 1.02. The summed E-state index contributed by atoms with van der Waals surface area (Å²) in [7, 11) is 0. The van der Waals surface area contributed by atoms with Gasteiger partial charge in [-0.15, -0.1) is 0 Å². The van der Waals surface area contributed by atoms with Crippen LogP contribution in [0.15, 0.2) is 34.5 Å². The molecule has 0 aliphatic heterocycles. The van der Waals surface area contributed by atoms with Crippen molar-refractivity contribution in [3.63, 3.8) is 0 Å². The average molecular weight is 236 g/mol. The quantitative estimate of drug-likeness (QED) is 0.739. The molecule has 6 heteroatoms. The average Bonchev–Trinajstić information content (AvgIpc) is 2.30. The first kappa shape index (κ1) is 12.8. The molecule has 0 bridgehead atoms. The maximum absolute atomic E-state index is 11.2. The summed E-state index contributed by atoms with van der Waals surface area (Å²) in [6, 6.07) is 6.93. The standard InChI is InChI=1S/C11H12N2O4/c1-3-16-10(14)12-13-11(15)17-9-7-5-4-6-8(9)2/h4-7H,3H2,1-2H3/b13-12+. The highest BCUT2D eigenvalue weighted by atomic mass is 16.6. The number of amides is 2. The Labute approximate surface area is 98.3 Å². The zero-order valence-corrected chi connectivity index (χ0v) is 9.54. The van der Waals surface area contributed by atoms with Crippen LogP contribution in [0, 0.1) is 6.92 Å². The van der Waals surface area contributed by atoms with Crippen LogP contribution in [0.1, 0.15) is 12.5 Å². The Morgan fingerprint density at radius 2 is 1.82 bits per heavy atom. The molecule has 0 saturated heterocycles. The highest BCUT2D eigenvalue weighted by molar-refractivity contribution is 5.74. The van der Waals surface area contributed by atoms with Crippen molar-refractivity contribution in [2.75, 3.05) is 6.61 Å². The maximum atomic E-state index is 11.2. The second-order valence-electron chi connectivity index (χ2n) is 3.03. The molecule has 1 rings (SSSR count). The molecule has 0 atom stereocenters. The van der Waals surface area contributed by atoms with Crippen molar-refractivity contribution in [2.45, 2.75) is 13.8 Å². The molecule has 2 amide bonds. The zero-order chi connectivity index (χ0) is 12.7. The number of ether oxygens (including phenoxy) is 2. The number of benzene rings is 1. The number of carbonyl (C=O) groups is 2. The van der Waals surface area contributed by atoms with Crippen molar-refractivity contribution in [1.29, 1.82) is 0 Å². The molecule has 0 radical (unpaired) electrons. The first-order valence-corrected chi connectivity index (χ1v) is 4.99. The summed E-state index contributed by atoms with van der Waals surface area (Å²) in [6.45, 7) is 3.58. The number of azo groups is 1. The van der Waals surface area contributed by atoms with Gasteiger partial charge in [0.2, 0.25) is 0 Å². The number of para-hydroxylation sites is 1. The lowest BCUT2D eigenvalue weighted by atomic mass is 10.2. The molecule has 1 aromatic rings. The van der Waals surface area contributed by atoms with Crippen molar-refractivity contribution in [1.82, 2.24) is 0 Å². The third-order valence-corrected chi connectivity index (χ3v) is 1.77. The molecule has 0 aromatic heterocycles. The Balaban J connectivity index is 2.56. The third kappa shape index (κ3) is 4.42. The Kier molecular flexibility index (Phi) is 4.80. The Bertz CT molecular complexity index is 443. The number of hydrogen-bond acceptors (Lipinski definition) is 4. The van der Waals surface area contributed by atoms with Gasteiger partial charge in [0, 0.05) is 0 Å². The highest BCUT2D eigenvalue weighted by Gasteiger charge is 2.06. The predicted molar refractivity (Wildman–Crippen MR) is 59.1 cm³/mol. The lowest BCUT2D eigenvalue weighted by molar-refractivity contribution is 0.160. The van der Waals surface area contributed by atoms with E-state index in [1.54, 1.807) is 32.0 Å². The molecule has 0 N–H and O–H groups in total. The van der Waals surface area contributed by atoms with Gasteiger partial charge in [-0.2, -0.15) is 0 Å². The lowest BCUT2D eigenvalue weighted by Crippen LogP contribution is -2.04. The molecule has 0 spiro atoms. The van der Waals surface area contributed by atoms with Crippen LogP contribution in [0.3, 0.4) is 0 Å². The van der Waals surface area contributed by atoms with Gasteiger partial charge in [-0.1, -0.05) is 28.4 Å². The Hall–Kier alpha value is -2.24. The predicted octanol–water partition coefficient (Wildman–Crippen LogP) is 3.10. The van der Waals surface area contributed by atoms with E-state index in [1.807, 2.05) is 6.07 Å². The van der Waals surface area contributed by atoms with Crippen LogP contribution in [0.5, 0.6) is 5.75 Å².